The molecule has 1 aromatic heterocycles. The number of anilines is 1. The third-order valence-corrected chi connectivity index (χ3v) is 8.02. The Morgan fingerprint density at radius 1 is 1.13 bits per heavy atom. The van der Waals surface area contributed by atoms with Crippen molar-refractivity contribution in [1.82, 2.24) is 14.2 Å². The number of ether oxygens (including phenoxy) is 1. The van der Waals surface area contributed by atoms with Crippen LogP contribution in [0.3, 0.4) is 0 Å². The van der Waals surface area contributed by atoms with Crippen molar-refractivity contribution in [3.05, 3.63) is 47.8 Å². The zero-order valence-corrected chi connectivity index (χ0v) is 18.3. The summed E-state index contributed by atoms with van der Waals surface area (Å²) in [5.74, 6) is 1.21. The molecule has 4 rings (SSSR count). The van der Waals surface area contributed by atoms with Crippen molar-refractivity contribution in [1.29, 1.82) is 0 Å². The molecule has 3 heterocycles. The Balaban J connectivity index is 1.41. The predicted octanol–water partition coefficient (Wildman–Crippen LogP) is 1.84. The lowest BCUT2D eigenvalue weighted by atomic mass is 10.1. The fourth-order valence-electron chi connectivity index (χ4n) is 3.55. The number of carbonyl (C=O) groups is 1. The fourth-order valence-corrected chi connectivity index (χ4v) is 6.12. The molecular weight excluding hydrogens is 424 g/mol. The van der Waals surface area contributed by atoms with Gasteiger partial charge in [0.15, 0.2) is 0 Å². The van der Waals surface area contributed by atoms with E-state index in [0.717, 1.165) is 49.9 Å². The van der Waals surface area contributed by atoms with E-state index in [4.69, 9.17) is 4.74 Å². The van der Waals surface area contributed by atoms with E-state index >= 15 is 0 Å². The first-order chi connectivity index (χ1) is 14.5. The van der Waals surface area contributed by atoms with Crippen molar-refractivity contribution < 1.29 is 17.9 Å². The second kappa shape index (κ2) is 9.52. The first-order valence-corrected chi connectivity index (χ1v) is 12.6. The molecule has 10 heteroatoms. The Bertz CT molecular complexity index is 980. The first kappa shape index (κ1) is 21.4. The van der Waals surface area contributed by atoms with Gasteiger partial charge in [-0.05, 0) is 23.8 Å². The highest BCUT2D eigenvalue weighted by molar-refractivity contribution is 7.99. The van der Waals surface area contributed by atoms with Gasteiger partial charge in [0.05, 0.1) is 13.2 Å². The van der Waals surface area contributed by atoms with Crippen molar-refractivity contribution >= 4 is 33.4 Å². The zero-order chi connectivity index (χ0) is 21.0. The molecule has 0 radical (unpaired) electrons. The average Bonchev–Trinajstić information content (AvgIpc) is 3.27. The number of nitrogens with zero attached hydrogens (tertiary/aromatic N) is 2. The lowest BCUT2D eigenvalue weighted by Crippen LogP contribution is -2.37. The molecule has 1 amide bonds. The Labute approximate surface area is 181 Å². The van der Waals surface area contributed by atoms with Gasteiger partial charge in [0.1, 0.15) is 10.6 Å². The van der Waals surface area contributed by atoms with E-state index in [1.165, 1.54) is 16.6 Å². The van der Waals surface area contributed by atoms with Crippen molar-refractivity contribution in [2.45, 2.75) is 11.4 Å². The molecule has 2 aliphatic rings. The molecule has 30 heavy (non-hydrogen) atoms. The van der Waals surface area contributed by atoms with E-state index in [2.05, 4.69) is 15.2 Å². The molecule has 1 aromatic carbocycles. The van der Waals surface area contributed by atoms with Gasteiger partial charge in [0.2, 0.25) is 10.0 Å². The minimum atomic E-state index is -3.58. The average molecular weight is 451 g/mol. The zero-order valence-electron chi connectivity index (χ0n) is 16.7. The number of carbonyl (C=O) groups excluding carboxylic acids is 1. The molecule has 2 saturated heterocycles. The summed E-state index contributed by atoms with van der Waals surface area (Å²) >= 11 is 1.75. The van der Waals surface area contributed by atoms with E-state index in [9.17, 15) is 13.2 Å². The standard InChI is InChI=1S/C20H26N4O4S2/c25-20(19-13-18(14-21-19)30(26,27)24-6-10-29-11-7-24)22-17-3-1-2-16(12-17)15-23-4-8-28-9-5-23/h1-3,12-14,21H,4-11,15H2,(H,22,25). The van der Waals surface area contributed by atoms with Crippen LogP contribution in [0.5, 0.6) is 0 Å². The normalized spacial score (nSPS) is 18.9. The molecule has 2 aromatic rings. The van der Waals surface area contributed by atoms with E-state index < -0.39 is 10.0 Å². The summed E-state index contributed by atoms with van der Waals surface area (Å²) in [6.45, 7) is 5.06. The maximum atomic E-state index is 12.8. The Kier molecular flexibility index (Phi) is 6.79. The summed E-state index contributed by atoms with van der Waals surface area (Å²) in [5, 5.41) is 2.86. The summed E-state index contributed by atoms with van der Waals surface area (Å²) in [6.07, 6.45) is 1.39. The van der Waals surface area contributed by atoms with Gasteiger partial charge in [-0.15, -0.1) is 0 Å². The molecule has 2 fully saturated rings. The van der Waals surface area contributed by atoms with Crippen LogP contribution in [-0.2, 0) is 21.3 Å². The number of thioether (sulfide) groups is 1. The highest BCUT2D eigenvalue weighted by atomic mass is 32.2. The molecule has 0 aliphatic carbocycles. The van der Waals surface area contributed by atoms with Crippen LogP contribution < -0.4 is 5.32 Å². The van der Waals surface area contributed by atoms with Crippen molar-refractivity contribution in [2.24, 2.45) is 0 Å². The molecule has 0 bridgehead atoms. The Morgan fingerprint density at radius 3 is 2.67 bits per heavy atom. The van der Waals surface area contributed by atoms with Gasteiger partial charge in [0, 0.05) is 56.1 Å². The Morgan fingerprint density at radius 2 is 1.90 bits per heavy atom. The number of aromatic nitrogens is 1. The second-order valence-corrected chi connectivity index (χ2v) is 10.5. The minimum Gasteiger partial charge on any atom is -0.379 e. The summed E-state index contributed by atoms with van der Waals surface area (Å²) in [5.41, 5.74) is 2.00. The topological polar surface area (TPSA) is 94.7 Å². The van der Waals surface area contributed by atoms with Gasteiger partial charge in [0.25, 0.3) is 5.91 Å². The van der Waals surface area contributed by atoms with Gasteiger partial charge in [-0.1, -0.05) is 12.1 Å². The largest absolute Gasteiger partial charge is 0.379 e. The highest BCUT2D eigenvalue weighted by Crippen LogP contribution is 2.21. The summed E-state index contributed by atoms with van der Waals surface area (Å²) in [4.78, 5) is 17.9. The molecule has 8 nitrogen and oxygen atoms in total. The number of morpholine rings is 1. The van der Waals surface area contributed by atoms with Crippen molar-refractivity contribution in [3.63, 3.8) is 0 Å². The number of hydrogen-bond acceptors (Lipinski definition) is 6. The van der Waals surface area contributed by atoms with Crippen LogP contribution in [0.2, 0.25) is 0 Å². The van der Waals surface area contributed by atoms with Gasteiger partial charge in [-0.25, -0.2) is 8.42 Å². The van der Waals surface area contributed by atoms with E-state index in [0.29, 0.717) is 18.8 Å². The van der Waals surface area contributed by atoms with Crippen molar-refractivity contribution in [2.75, 3.05) is 56.2 Å². The number of rotatable bonds is 6. The summed E-state index contributed by atoms with van der Waals surface area (Å²) in [6, 6.07) is 9.11. The van der Waals surface area contributed by atoms with Gasteiger partial charge in [-0.3, -0.25) is 9.69 Å². The number of sulfonamides is 1. The number of nitrogens with one attached hydrogen (secondary N) is 2. The Hall–Kier alpha value is -1.85. The maximum Gasteiger partial charge on any atom is 0.272 e. The summed E-state index contributed by atoms with van der Waals surface area (Å²) < 4.78 is 32.4. The quantitative estimate of drug-likeness (QED) is 0.697. The maximum absolute atomic E-state index is 12.8. The lowest BCUT2D eigenvalue weighted by Gasteiger charge is -2.26. The predicted molar refractivity (Wildman–Crippen MR) is 117 cm³/mol. The number of aromatic amines is 1. The smallest absolute Gasteiger partial charge is 0.272 e. The SMILES string of the molecule is O=C(Nc1cccc(CN2CCOCC2)c1)c1cc(S(=O)(=O)N2CCSCC2)c[nH]1. The van der Waals surface area contributed by atoms with Crippen LogP contribution in [0, 0.1) is 0 Å². The van der Waals surface area contributed by atoms with Crippen LogP contribution in [0.25, 0.3) is 0 Å². The number of hydrogen-bond donors (Lipinski definition) is 2. The molecular formula is C20H26N4O4S2. The number of H-pyrrole nitrogens is 1. The fraction of sp³-hybridized carbons (Fsp3) is 0.450. The van der Waals surface area contributed by atoms with E-state index in [-0.39, 0.29) is 16.5 Å². The number of benzene rings is 1. The van der Waals surface area contributed by atoms with Crippen molar-refractivity contribution in [3.8, 4) is 0 Å². The van der Waals surface area contributed by atoms with E-state index in [1.807, 2.05) is 24.3 Å². The van der Waals surface area contributed by atoms with Crippen LogP contribution in [0.4, 0.5) is 5.69 Å². The molecule has 0 atom stereocenters. The van der Waals surface area contributed by atoms with Gasteiger partial charge < -0.3 is 15.0 Å². The molecule has 2 N–H and O–H groups in total. The third kappa shape index (κ3) is 5.06. The van der Waals surface area contributed by atoms with Crippen LogP contribution >= 0.6 is 11.8 Å². The molecule has 0 saturated carbocycles. The van der Waals surface area contributed by atoms with Crippen LogP contribution in [-0.4, -0.2) is 79.4 Å². The first-order valence-electron chi connectivity index (χ1n) is 9.99. The van der Waals surface area contributed by atoms with E-state index in [1.54, 1.807) is 11.8 Å². The molecule has 162 valence electrons. The second-order valence-electron chi connectivity index (χ2n) is 7.31. The third-order valence-electron chi connectivity index (χ3n) is 5.20. The lowest BCUT2D eigenvalue weighted by molar-refractivity contribution is 0.0342. The molecule has 0 unspecified atom stereocenters. The highest BCUT2D eigenvalue weighted by Gasteiger charge is 2.27. The van der Waals surface area contributed by atoms with Crippen LogP contribution in [0.1, 0.15) is 16.1 Å². The molecule has 0 spiro atoms. The minimum absolute atomic E-state index is 0.126. The summed E-state index contributed by atoms with van der Waals surface area (Å²) in [7, 11) is -3.58. The monoisotopic (exact) mass is 450 g/mol. The van der Waals surface area contributed by atoms with Gasteiger partial charge >= 0.3 is 0 Å². The molecule has 2 aliphatic heterocycles. The van der Waals surface area contributed by atoms with Gasteiger partial charge in [-0.2, -0.15) is 16.1 Å². The number of amides is 1. The van der Waals surface area contributed by atoms with Crippen LogP contribution in [0.15, 0.2) is 41.4 Å².